The quantitative estimate of drug-likeness (QED) is 0.624. The van der Waals surface area contributed by atoms with Gasteiger partial charge in [0.1, 0.15) is 6.26 Å². The molecule has 4 nitrogen and oxygen atoms in total. The van der Waals surface area contributed by atoms with Crippen LogP contribution in [0.3, 0.4) is 0 Å². The van der Waals surface area contributed by atoms with E-state index in [9.17, 15) is 4.79 Å². The molecule has 1 saturated heterocycles. The van der Waals surface area contributed by atoms with E-state index in [4.69, 9.17) is 4.74 Å². The van der Waals surface area contributed by atoms with Crippen LogP contribution in [0.25, 0.3) is 0 Å². The molecule has 0 N–H and O–H groups in total. The fourth-order valence-corrected chi connectivity index (χ4v) is 1.49. The molecular weight excluding hydrogens is 158 g/mol. The van der Waals surface area contributed by atoms with Crippen LogP contribution in [-0.2, 0) is 4.74 Å². The van der Waals surface area contributed by atoms with Crippen LogP contribution in [0.4, 0.5) is 0 Å². The Labute approximate surface area is 69.7 Å². The van der Waals surface area contributed by atoms with Gasteiger partial charge >= 0.3 is 5.76 Å². The van der Waals surface area contributed by atoms with Crippen LogP contribution in [0, 0.1) is 0 Å². The van der Waals surface area contributed by atoms with Crippen molar-refractivity contribution in [3.05, 3.63) is 23.0 Å². The average molecular weight is 169 g/mol. The van der Waals surface area contributed by atoms with E-state index < -0.39 is 0 Å². The Kier molecular flexibility index (Phi) is 1.99. The van der Waals surface area contributed by atoms with Crippen LogP contribution >= 0.6 is 0 Å². The van der Waals surface area contributed by atoms with Gasteiger partial charge in [-0.1, -0.05) is 0 Å². The molecule has 1 aliphatic heterocycles. The van der Waals surface area contributed by atoms with Gasteiger partial charge in [-0.15, -0.1) is 0 Å². The van der Waals surface area contributed by atoms with Gasteiger partial charge < -0.3 is 9.15 Å². The highest BCUT2D eigenvalue weighted by Crippen LogP contribution is 2.16. The van der Waals surface area contributed by atoms with Gasteiger partial charge in [-0.2, -0.15) is 0 Å². The summed E-state index contributed by atoms with van der Waals surface area (Å²) in [5.41, 5.74) is 0. The standard InChI is InChI=1S/C8H11NO3/c10-8-9(3-5-12-8)7-2-1-4-11-6-7/h3,5,7H,1-2,4,6H2. The molecule has 0 saturated carbocycles. The number of rotatable bonds is 1. The lowest BCUT2D eigenvalue weighted by Crippen LogP contribution is -2.27. The SMILES string of the molecule is O=c1occn1C1CCCOC1. The summed E-state index contributed by atoms with van der Waals surface area (Å²) < 4.78 is 11.5. The Bertz CT molecular complexity index is 295. The second-order valence-corrected chi connectivity index (χ2v) is 2.95. The molecule has 1 atom stereocenters. The third kappa shape index (κ3) is 1.30. The molecule has 1 fully saturated rings. The highest BCUT2D eigenvalue weighted by atomic mass is 16.5. The van der Waals surface area contributed by atoms with Crippen molar-refractivity contribution >= 4 is 0 Å². The van der Waals surface area contributed by atoms with Crippen molar-refractivity contribution in [2.24, 2.45) is 0 Å². The molecule has 0 bridgehead atoms. The maximum Gasteiger partial charge on any atom is 0.419 e. The van der Waals surface area contributed by atoms with Crippen molar-refractivity contribution < 1.29 is 9.15 Å². The van der Waals surface area contributed by atoms with E-state index in [0.717, 1.165) is 19.4 Å². The van der Waals surface area contributed by atoms with Crippen LogP contribution < -0.4 is 5.76 Å². The molecule has 1 unspecified atom stereocenters. The monoisotopic (exact) mass is 169 g/mol. The third-order valence-electron chi connectivity index (χ3n) is 2.13. The molecule has 0 aliphatic carbocycles. The van der Waals surface area contributed by atoms with Gasteiger partial charge in [0.15, 0.2) is 0 Å². The van der Waals surface area contributed by atoms with E-state index in [1.54, 1.807) is 10.8 Å². The number of oxazole rings is 1. The number of hydrogen-bond acceptors (Lipinski definition) is 3. The first-order chi connectivity index (χ1) is 5.88. The van der Waals surface area contributed by atoms with Gasteiger partial charge in [0.05, 0.1) is 12.6 Å². The van der Waals surface area contributed by atoms with Gasteiger partial charge in [0.25, 0.3) is 0 Å². The first kappa shape index (κ1) is 7.61. The first-order valence-corrected chi connectivity index (χ1v) is 4.11. The summed E-state index contributed by atoms with van der Waals surface area (Å²) in [6.07, 6.45) is 5.10. The Hall–Kier alpha value is -1.03. The van der Waals surface area contributed by atoms with Crippen molar-refractivity contribution in [3.63, 3.8) is 0 Å². The smallest absolute Gasteiger partial charge is 0.416 e. The van der Waals surface area contributed by atoms with Crippen molar-refractivity contribution in [2.75, 3.05) is 13.2 Å². The molecule has 0 spiro atoms. The first-order valence-electron chi connectivity index (χ1n) is 4.11. The summed E-state index contributed by atoms with van der Waals surface area (Å²) >= 11 is 0. The largest absolute Gasteiger partial charge is 0.419 e. The van der Waals surface area contributed by atoms with Gasteiger partial charge in [-0.05, 0) is 12.8 Å². The zero-order valence-corrected chi connectivity index (χ0v) is 6.73. The van der Waals surface area contributed by atoms with E-state index in [1.165, 1.54) is 6.26 Å². The topological polar surface area (TPSA) is 44.4 Å². The van der Waals surface area contributed by atoms with Crippen LogP contribution in [-0.4, -0.2) is 17.8 Å². The summed E-state index contributed by atoms with van der Waals surface area (Å²) in [7, 11) is 0. The van der Waals surface area contributed by atoms with Gasteiger partial charge in [0, 0.05) is 12.8 Å². The maximum atomic E-state index is 11.1. The summed E-state index contributed by atoms with van der Waals surface area (Å²) in [5, 5.41) is 0. The predicted octanol–water partition coefficient (Wildman–Crippen LogP) is 0.793. The van der Waals surface area contributed by atoms with Gasteiger partial charge in [0.2, 0.25) is 0 Å². The molecule has 0 amide bonds. The second kappa shape index (κ2) is 3.15. The third-order valence-corrected chi connectivity index (χ3v) is 2.13. The number of nitrogens with zero attached hydrogens (tertiary/aromatic N) is 1. The minimum absolute atomic E-state index is 0.171. The zero-order valence-electron chi connectivity index (χ0n) is 6.73. The molecule has 1 aromatic rings. The summed E-state index contributed by atoms with van der Waals surface area (Å²) in [4.78, 5) is 11.1. The Morgan fingerprint density at radius 3 is 3.08 bits per heavy atom. The minimum atomic E-state index is -0.287. The average Bonchev–Trinajstić information content (AvgIpc) is 2.53. The van der Waals surface area contributed by atoms with E-state index in [2.05, 4.69) is 4.42 Å². The molecule has 4 heteroatoms. The molecule has 0 aromatic carbocycles. The highest BCUT2D eigenvalue weighted by molar-refractivity contribution is 4.78. The van der Waals surface area contributed by atoms with Crippen molar-refractivity contribution in [2.45, 2.75) is 18.9 Å². The fraction of sp³-hybridized carbons (Fsp3) is 0.625. The van der Waals surface area contributed by atoms with Crippen LogP contribution in [0.2, 0.25) is 0 Å². The predicted molar refractivity (Wildman–Crippen MR) is 42.1 cm³/mol. The Balaban J connectivity index is 2.18. The number of ether oxygens (including phenoxy) is 1. The van der Waals surface area contributed by atoms with Crippen molar-refractivity contribution in [3.8, 4) is 0 Å². The summed E-state index contributed by atoms with van der Waals surface area (Å²) in [5.74, 6) is -0.287. The second-order valence-electron chi connectivity index (χ2n) is 2.95. The van der Waals surface area contributed by atoms with E-state index in [-0.39, 0.29) is 11.8 Å². The molecule has 0 radical (unpaired) electrons. The van der Waals surface area contributed by atoms with E-state index in [1.807, 2.05) is 0 Å². The minimum Gasteiger partial charge on any atom is -0.416 e. The number of aromatic nitrogens is 1. The van der Waals surface area contributed by atoms with Crippen molar-refractivity contribution in [1.29, 1.82) is 0 Å². The van der Waals surface area contributed by atoms with E-state index in [0.29, 0.717) is 6.61 Å². The lowest BCUT2D eigenvalue weighted by molar-refractivity contribution is 0.0569. The summed E-state index contributed by atoms with van der Waals surface area (Å²) in [6.45, 7) is 1.43. The lowest BCUT2D eigenvalue weighted by atomic mass is 10.1. The Morgan fingerprint density at radius 1 is 1.58 bits per heavy atom. The Morgan fingerprint density at radius 2 is 2.50 bits per heavy atom. The van der Waals surface area contributed by atoms with Crippen molar-refractivity contribution in [1.82, 2.24) is 4.57 Å². The molecule has 1 aliphatic rings. The maximum absolute atomic E-state index is 11.1. The molecular formula is C8H11NO3. The van der Waals surface area contributed by atoms with Crippen LogP contribution in [0.5, 0.6) is 0 Å². The van der Waals surface area contributed by atoms with Gasteiger partial charge in [-0.25, -0.2) is 4.79 Å². The molecule has 1 aromatic heterocycles. The summed E-state index contributed by atoms with van der Waals surface area (Å²) in [6, 6.07) is 0.171. The zero-order chi connectivity index (χ0) is 8.39. The highest BCUT2D eigenvalue weighted by Gasteiger charge is 2.17. The lowest BCUT2D eigenvalue weighted by Gasteiger charge is -2.21. The molecule has 2 rings (SSSR count). The fourth-order valence-electron chi connectivity index (χ4n) is 1.49. The normalized spacial score (nSPS) is 24.2. The van der Waals surface area contributed by atoms with Crippen LogP contribution in [0.15, 0.2) is 21.7 Å². The van der Waals surface area contributed by atoms with E-state index >= 15 is 0 Å². The van der Waals surface area contributed by atoms with Gasteiger partial charge in [-0.3, -0.25) is 4.57 Å². The number of hydrogen-bond donors (Lipinski definition) is 0. The van der Waals surface area contributed by atoms with Crippen LogP contribution in [0.1, 0.15) is 18.9 Å². The molecule has 66 valence electrons. The molecule has 2 heterocycles. The molecule has 12 heavy (non-hydrogen) atoms.